The number of thiocarbonyl (C=S) groups is 1. The summed E-state index contributed by atoms with van der Waals surface area (Å²) in [6.07, 6.45) is 1.75. The van der Waals surface area contributed by atoms with Crippen molar-refractivity contribution in [2.24, 2.45) is 5.10 Å². The van der Waals surface area contributed by atoms with Crippen molar-refractivity contribution in [1.82, 2.24) is 10.7 Å². The number of anilines is 1. The topological polar surface area (TPSA) is 39.7 Å². The van der Waals surface area contributed by atoms with Gasteiger partial charge in [0.1, 0.15) is 0 Å². The van der Waals surface area contributed by atoms with Crippen molar-refractivity contribution < 1.29 is 0 Å². The maximum atomic E-state index is 5.13. The van der Waals surface area contributed by atoms with Gasteiger partial charge in [0.05, 0.1) is 6.21 Å². The average molecular weight is 278 g/mol. The zero-order valence-electron chi connectivity index (χ0n) is 12.2. The molecule has 19 heavy (non-hydrogen) atoms. The summed E-state index contributed by atoms with van der Waals surface area (Å²) in [5.74, 6) is 0. The molecule has 0 amide bonds. The van der Waals surface area contributed by atoms with Gasteiger partial charge in [0.25, 0.3) is 0 Å². The molecule has 0 aliphatic carbocycles. The molecule has 0 radical (unpaired) electrons. The molecule has 0 aliphatic rings. The summed E-state index contributed by atoms with van der Waals surface area (Å²) in [7, 11) is 4.03. The van der Waals surface area contributed by atoms with Crippen LogP contribution < -0.4 is 15.6 Å². The predicted octanol–water partition coefficient (Wildman–Crippen LogP) is 2.35. The van der Waals surface area contributed by atoms with Gasteiger partial charge in [-0.25, -0.2) is 0 Å². The minimum atomic E-state index is -0.0625. The van der Waals surface area contributed by atoms with E-state index in [1.807, 2.05) is 59.1 Å². The van der Waals surface area contributed by atoms with Gasteiger partial charge in [0, 0.05) is 25.3 Å². The van der Waals surface area contributed by atoms with Gasteiger partial charge in [-0.15, -0.1) is 0 Å². The molecule has 104 valence electrons. The first kappa shape index (κ1) is 15.4. The van der Waals surface area contributed by atoms with Crippen LogP contribution in [0.25, 0.3) is 0 Å². The Morgan fingerprint density at radius 3 is 2.26 bits per heavy atom. The van der Waals surface area contributed by atoms with Crippen LogP contribution in [0.2, 0.25) is 0 Å². The third-order valence-corrected chi connectivity index (χ3v) is 2.47. The summed E-state index contributed by atoms with van der Waals surface area (Å²) in [5, 5.41) is 7.76. The number of hydrazone groups is 1. The van der Waals surface area contributed by atoms with Crippen molar-refractivity contribution in [1.29, 1.82) is 0 Å². The van der Waals surface area contributed by atoms with E-state index in [4.69, 9.17) is 12.2 Å². The van der Waals surface area contributed by atoms with E-state index in [1.54, 1.807) is 6.21 Å². The molecule has 0 spiro atoms. The van der Waals surface area contributed by atoms with Crippen LogP contribution in [0.5, 0.6) is 0 Å². The fourth-order valence-electron chi connectivity index (χ4n) is 1.39. The zero-order chi connectivity index (χ0) is 14.5. The fraction of sp³-hybridized carbons (Fsp3) is 0.429. The SMILES string of the molecule is CN(C)c1ccc(/C=N\NC(=S)NC(C)(C)C)cc1. The summed E-state index contributed by atoms with van der Waals surface area (Å²) in [4.78, 5) is 2.06. The summed E-state index contributed by atoms with van der Waals surface area (Å²) in [5.41, 5.74) is 4.93. The average Bonchev–Trinajstić information content (AvgIpc) is 2.27. The minimum Gasteiger partial charge on any atom is -0.378 e. The third kappa shape index (κ3) is 6.20. The highest BCUT2D eigenvalue weighted by Gasteiger charge is 2.09. The van der Waals surface area contributed by atoms with E-state index < -0.39 is 0 Å². The number of nitrogens with one attached hydrogen (secondary N) is 2. The van der Waals surface area contributed by atoms with Crippen molar-refractivity contribution in [2.75, 3.05) is 19.0 Å². The van der Waals surface area contributed by atoms with Crippen LogP contribution in [0, 0.1) is 0 Å². The van der Waals surface area contributed by atoms with Gasteiger partial charge in [0.15, 0.2) is 5.11 Å². The van der Waals surface area contributed by atoms with Crippen LogP contribution in [-0.4, -0.2) is 31.0 Å². The molecule has 0 saturated heterocycles. The first-order chi connectivity index (χ1) is 8.78. The Morgan fingerprint density at radius 1 is 1.21 bits per heavy atom. The molecule has 0 atom stereocenters. The van der Waals surface area contributed by atoms with Crippen molar-refractivity contribution >= 4 is 29.2 Å². The summed E-state index contributed by atoms with van der Waals surface area (Å²) in [6, 6.07) is 8.13. The normalized spacial score (nSPS) is 11.4. The largest absolute Gasteiger partial charge is 0.378 e. The summed E-state index contributed by atoms with van der Waals surface area (Å²) < 4.78 is 0. The third-order valence-electron chi connectivity index (χ3n) is 2.28. The maximum Gasteiger partial charge on any atom is 0.187 e. The van der Waals surface area contributed by atoms with E-state index in [1.165, 1.54) is 0 Å². The van der Waals surface area contributed by atoms with E-state index in [9.17, 15) is 0 Å². The van der Waals surface area contributed by atoms with Gasteiger partial charge in [-0.2, -0.15) is 5.10 Å². The Hall–Kier alpha value is -1.62. The smallest absolute Gasteiger partial charge is 0.187 e. The highest BCUT2D eigenvalue weighted by Crippen LogP contribution is 2.10. The van der Waals surface area contributed by atoms with Gasteiger partial charge >= 0.3 is 0 Å². The van der Waals surface area contributed by atoms with Crippen LogP contribution in [0.15, 0.2) is 29.4 Å². The number of hydrogen-bond donors (Lipinski definition) is 2. The van der Waals surface area contributed by atoms with Crippen LogP contribution >= 0.6 is 12.2 Å². The molecule has 2 N–H and O–H groups in total. The van der Waals surface area contributed by atoms with Crippen molar-refractivity contribution in [3.8, 4) is 0 Å². The Kier molecular flexibility index (Phi) is 5.30. The maximum absolute atomic E-state index is 5.13. The second-order valence-corrected chi connectivity index (χ2v) is 5.97. The first-order valence-electron chi connectivity index (χ1n) is 6.16. The molecule has 1 aromatic rings. The number of hydrogen-bond acceptors (Lipinski definition) is 3. The molecule has 1 rings (SSSR count). The zero-order valence-corrected chi connectivity index (χ0v) is 13.0. The molecule has 1 aromatic carbocycles. The lowest BCUT2D eigenvalue weighted by molar-refractivity contribution is 0.508. The fourth-order valence-corrected chi connectivity index (χ4v) is 1.75. The molecule has 0 bridgehead atoms. The lowest BCUT2D eigenvalue weighted by Crippen LogP contribution is -2.44. The quantitative estimate of drug-likeness (QED) is 0.506. The van der Waals surface area contributed by atoms with E-state index in [0.717, 1.165) is 11.3 Å². The van der Waals surface area contributed by atoms with Crippen LogP contribution in [0.1, 0.15) is 26.3 Å². The Morgan fingerprint density at radius 2 is 1.79 bits per heavy atom. The summed E-state index contributed by atoms with van der Waals surface area (Å²) in [6.45, 7) is 6.14. The summed E-state index contributed by atoms with van der Waals surface area (Å²) >= 11 is 5.13. The molecule has 0 fully saturated rings. The van der Waals surface area contributed by atoms with Gasteiger partial charge in [-0.3, -0.25) is 5.43 Å². The first-order valence-corrected chi connectivity index (χ1v) is 6.57. The molecule has 0 unspecified atom stereocenters. The molecule has 4 nitrogen and oxygen atoms in total. The Bertz CT molecular complexity index is 444. The van der Waals surface area contributed by atoms with Gasteiger partial charge in [-0.1, -0.05) is 12.1 Å². The molecule has 5 heteroatoms. The molecule has 0 aliphatic heterocycles. The van der Waals surface area contributed by atoms with Crippen LogP contribution in [-0.2, 0) is 0 Å². The number of benzene rings is 1. The predicted molar refractivity (Wildman–Crippen MR) is 87.0 cm³/mol. The minimum absolute atomic E-state index is 0.0625. The molecular weight excluding hydrogens is 256 g/mol. The van der Waals surface area contributed by atoms with Crippen LogP contribution in [0.4, 0.5) is 5.69 Å². The second kappa shape index (κ2) is 6.52. The molecule has 0 heterocycles. The van der Waals surface area contributed by atoms with Gasteiger partial charge in [-0.05, 0) is 50.7 Å². The van der Waals surface area contributed by atoms with Gasteiger partial charge < -0.3 is 10.2 Å². The van der Waals surface area contributed by atoms with Crippen molar-refractivity contribution in [3.63, 3.8) is 0 Å². The van der Waals surface area contributed by atoms with Gasteiger partial charge in [0.2, 0.25) is 0 Å². The Labute approximate surface area is 120 Å². The van der Waals surface area contributed by atoms with Crippen molar-refractivity contribution in [2.45, 2.75) is 26.3 Å². The van der Waals surface area contributed by atoms with E-state index in [-0.39, 0.29) is 5.54 Å². The highest BCUT2D eigenvalue weighted by atomic mass is 32.1. The second-order valence-electron chi connectivity index (χ2n) is 5.56. The number of rotatable bonds is 3. The number of nitrogens with zero attached hydrogens (tertiary/aromatic N) is 2. The van der Waals surface area contributed by atoms with E-state index >= 15 is 0 Å². The molecule has 0 aromatic heterocycles. The Balaban J connectivity index is 2.51. The standard InChI is InChI=1S/C14H22N4S/c1-14(2,3)16-13(19)17-15-10-11-6-8-12(9-7-11)18(4)5/h6-10H,1-5H3,(H2,16,17,19)/b15-10-. The van der Waals surface area contributed by atoms with Crippen molar-refractivity contribution in [3.05, 3.63) is 29.8 Å². The monoisotopic (exact) mass is 278 g/mol. The van der Waals surface area contributed by atoms with Crippen LogP contribution in [0.3, 0.4) is 0 Å². The highest BCUT2D eigenvalue weighted by molar-refractivity contribution is 7.80. The lowest BCUT2D eigenvalue weighted by Gasteiger charge is -2.21. The molecule has 0 saturated carbocycles. The lowest BCUT2D eigenvalue weighted by atomic mass is 10.1. The molecular formula is C14H22N4S. The van der Waals surface area contributed by atoms with E-state index in [2.05, 4.69) is 20.7 Å². The van der Waals surface area contributed by atoms with E-state index in [0.29, 0.717) is 5.11 Å².